The number of amides is 1. The first-order chi connectivity index (χ1) is 21.1. The molecule has 0 radical (unpaired) electrons. The van der Waals surface area contributed by atoms with Crippen LogP contribution in [0.1, 0.15) is 18.1 Å². The number of halogens is 4. The average Bonchev–Trinajstić information content (AvgIpc) is 3.01. The predicted octanol–water partition coefficient (Wildman–Crippen LogP) is 6.52. The highest BCUT2D eigenvalue weighted by Crippen LogP contribution is 2.32. The highest BCUT2D eigenvalue weighted by Gasteiger charge is 2.31. The van der Waals surface area contributed by atoms with Crippen LogP contribution in [-0.2, 0) is 11.0 Å². The van der Waals surface area contributed by atoms with E-state index in [0.29, 0.717) is 16.8 Å². The molecule has 0 bridgehead atoms. The van der Waals surface area contributed by atoms with Crippen molar-refractivity contribution >= 4 is 28.7 Å². The van der Waals surface area contributed by atoms with E-state index < -0.39 is 29.0 Å². The van der Waals surface area contributed by atoms with Gasteiger partial charge in [-0.15, -0.1) is 0 Å². The second-order valence-electron chi connectivity index (χ2n) is 9.38. The van der Waals surface area contributed by atoms with Crippen molar-refractivity contribution < 1.29 is 31.8 Å². The molecule has 5 aromatic rings. The Morgan fingerprint density at radius 2 is 1.73 bits per heavy atom. The van der Waals surface area contributed by atoms with E-state index in [1.807, 2.05) is 0 Å². The van der Waals surface area contributed by atoms with Gasteiger partial charge in [0.1, 0.15) is 5.82 Å². The number of nitrogens with one attached hydrogen (secondary N) is 1. The largest absolute Gasteiger partial charge is 0.490 e. The van der Waals surface area contributed by atoms with Crippen molar-refractivity contribution in [3.05, 3.63) is 118 Å². The number of aromatic nitrogens is 2. The minimum Gasteiger partial charge on any atom is -0.490 e. The molecule has 1 amide bonds. The number of anilines is 1. The molecule has 0 aliphatic rings. The number of benzene rings is 4. The summed E-state index contributed by atoms with van der Waals surface area (Å²) in [6.07, 6.45) is -3.26. The number of hydrogen-bond donors (Lipinski definition) is 1. The van der Waals surface area contributed by atoms with Gasteiger partial charge in [-0.25, -0.2) is 9.37 Å². The lowest BCUT2D eigenvalue weighted by molar-refractivity contribution is -0.137. The van der Waals surface area contributed by atoms with Gasteiger partial charge in [0.2, 0.25) is 0 Å². The number of alkyl halides is 3. The van der Waals surface area contributed by atoms with Gasteiger partial charge in [-0.1, -0.05) is 24.3 Å². The van der Waals surface area contributed by atoms with Crippen LogP contribution in [0.15, 0.2) is 101 Å². The molecule has 0 saturated heterocycles. The summed E-state index contributed by atoms with van der Waals surface area (Å²) >= 11 is 0. The zero-order valence-electron chi connectivity index (χ0n) is 23.1. The fourth-order valence-corrected chi connectivity index (χ4v) is 4.24. The zero-order valence-corrected chi connectivity index (χ0v) is 23.1. The Bertz CT molecular complexity index is 1900. The Labute approximate surface area is 248 Å². The van der Waals surface area contributed by atoms with E-state index >= 15 is 0 Å². The third-order valence-corrected chi connectivity index (χ3v) is 6.28. The van der Waals surface area contributed by atoms with E-state index in [4.69, 9.17) is 9.47 Å². The fourth-order valence-electron chi connectivity index (χ4n) is 4.24. The van der Waals surface area contributed by atoms with Crippen molar-refractivity contribution in [2.24, 2.45) is 5.10 Å². The number of carbonyl (C=O) groups is 1. The Kier molecular flexibility index (Phi) is 8.70. The molecule has 8 nitrogen and oxygen atoms in total. The van der Waals surface area contributed by atoms with Crippen LogP contribution in [0.25, 0.3) is 22.3 Å². The summed E-state index contributed by atoms with van der Waals surface area (Å²) in [6, 6.07) is 21.0. The quantitative estimate of drug-likeness (QED) is 0.153. The first kappa shape index (κ1) is 30.0. The van der Waals surface area contributed by atoms with Crippen LogP contribution in [-0.4, -0.2) is 35.0 Å². The molecule has 44 heavy (non-hydrogen) atoms. The first-order valence-corrected chi connectivity index (χ1v) is 13.3. The molecule has 0 saturated carbocycles. The molecule has 0 atom stereocenters. The van der Waals surface area contributed by atoms with Gasteiger partial charge in [0.05, 0.1) is 29.3 Å². The minimum atomic E-state index is -4.59. The number of fused-ring (bicyclic) bond motifs is 1. The lowest BCUT2D eigenvalue weighted by Crippen LogP contribution is -2.20. The van der Waals surface area contributed by atoms with Crippen molar-refractivity contribution in [2.75, 3.05) is 18.5 Å². The van der Waals surface area contributed by atoms with Crippen molar-refractivity contribution in [3.8, 4) is 22.9 Å². The fraction of sp³-hybridized carbons (Fsp3) is 0.125. The third kappa shape index (κ3) is 6.92. The van der Waals surface area contributed by atoms with E-state index in [9.17, 15) is 27.2 Å². The lowest BCUT2D eigenvalue weighted by Gasteiger charge is -2.13. The van der Waals surface area contributed by atoms with E-state index in [1.54, 1.807) is 49.4 Å². The number of para-hydroxylation sites is 1. The van der Waals surface area contributed by atoms with E-state index in [-0.39, 0.29) is 41.5 Å². The van der Waals surface area contributed by atoms with Crippen molar-refractivity contribution in [2.45, 2.75) is 13.1 Å². The van der Waals surface area contributed by atoms with Gasteiger partial charge >= 0.3 is 6.18 Å². The zero-order chi connectivity index (χ0) is 31.3. The number of rotatable bonds is 9. The molecule has 0 aliphatic heterocycles. The summed E-state index contributed by atoms with van der Waals surface area (Å²) in [4.78, 5) is 30.2. The van der Waals surface area contributed by atoms with Crippen LogP contribution < -0.4 is 20.3 Å². The van der Waals surface area contributed by atoms with Gasteiger partial charge in [-0.2, -0.15) is 22.9 Å². The second-order valence-corrected chi connectivity index (χ2v) is 9.38. The number of hydrogen-bond acceptors (Lipinski definition) is 6. The van der Waals surface area contributed by atoms with Crippen LogP contribution in [0.3, 0.4) is 0 Å². The molecule has 0 unspecified atom stereocenters. The molecule has 0 aliphatic carbocycles. The summed E-state index contributed by atoms with van der Waals surface area (Å²) in [7, 11) is 0. The van der Waals surface area contributed by atoms with Crippen LogP contribution in [0.4, 0.5) is 23.2 Å². The molecule has 4 aromatic carbocycles. The predicted molar refractivity (Wildman–Crippen MR) is 158 cm³/mol. The molecule has 1 heterocycles. The maximum Gasteiger partial charge on any atom is 0.416 e. The van der Waals surface area contributed by atoms with Gasteiger partial charge in [-0.3, -0.25) is 9.59 Å². The number of ether oxygens (including phenoxy) is 2. The van der Waals surface area contributed by atoms with Gasteiger partial charge in [0.15, 0.2) is 23.9 Å². The summed E-state index contributed by atoms with van der Waals surface area (Å²) in [5.74, 6) is -0.443. The first-order valence-electron chi connectivity index (χ1n) is 13.3. The van der Waals surface area contributed by atoms with Crippen LogP contribution in [0.2, 0.25) is 0 Å². The van der Waals surface area contributed by atoms with E-state index in [0.717, 1.165) is 16.8 Å². The highest BCUT2D eigenvalue weighted by molar-refractivity contribution is 5.92. The van der Waals surface area contributed by atoms with Crippen LogP contribution in [0, 0.1) is 5.82 Å². The molecule has 1 N–H and O–H groups in total. The molecular formula is C32H24F4N4O4. The van der Waals surface area contributed by atoms with Gasteiger partial charge < -0.3 is 14.8 Å². The molecule has 0 fully saturated rings. The number of nitrogens with zero attached hydrogens (tertiary/aromatic N) is 3. The molecule has 12 heteroatoms. The van der Waals surface area contributed by atoms with Crippen molar-refractivity contribution in [1.82, 2.24) is 9.66 Å². The molecule has 224 valence electrons. The molecular weight excluding hydrogens is 580 g/mol. The second kappa shape index (κ2) is 12.8. The topological polar surface area (TPSA) is 94.8 Å². The highest BCUT2D eigenvalue weighted by atomic mass is 19.4. The standard InChI is InChI=1S/C32H24F4N4O4/c1-2-43-28-16-20(10-15-27(28)44-19-29(41)38-24-13-11-23(33)12-14-24)18-37-40-30(21-6-5-7-22(17-21)32(34,35)36)39-26-9-4-3-8-25(26)31(40)42/h3-18H,2,19H2,1H3,(H,38,41). The van der Waals surface area contributed by atoms with Crippen LogP contribution >= 0.6 is 0 Å². The van der Waals surface area contributed by atoms with E-state index in [2.05, 4.69) is 15.4 Å². The van der Waals surface area contributed by atoms with E-state index in [1.165, 1.54) is 42.6 Å². The number of carbonyl (C=O) groups excluding carboxylic acids is 1. The normalized spacial score (nSPS) is 11.6. The average molecular weight is 605 g/mol. The van der Waals surface area contributed by atoms with Gasteiger partial charge in [-0.05, 0) is 79.2 Å². The Morgan fingerprint density at radius 1 is 0.955 bits per heavy atom. The van der Waals surface area contributed by atoms with Crippen molar-refractivity contribution in [1.29, 1.82) is 0 Å². The SMILES string of the molecule is CCOc1cc(C=Nn2c(-c3cccc(C(F)(F)F)c3)nc3ccccc3c2=O)ccc1OCC(=O)Nc1ccc(F)cc1. The summed E-state index contributed by atoms with van der Waals surface area (Å²) < 4.78 is 65.7. The Balaban J connectivity index is 1.44. The third-order valence-electron chi connectivity index (χ3n) is 6.28. The van der Waals surface area contributed by atoms with Crippen LogP contribution in [0.5, 0.6) is 11.5 Å². The summed E-state index contributed by atoms with van der Waals surface area (Å²) in [5, 5.41) is 7.13. The monoisotopic (exact) mass is 604 g/mol. The maximum absolute atomic E-state index is 13.5. The molecule has 0 spiro atoms. The lowest BCUT2D eigenvalue weighted by atomic mass is 10.1. The smallest absolute Gasteiger partial charge is 0.416 e. The Morgan fingerprint density at radius 3 is 2.48 bits per heavy atom. The summed E-state index contributed by atoms with van der Waals surface area (Å²) in [6.45, 7) is 1.67. The van der Waals surface area contributed by atoms with Gasteiger partial charge in [0, 0.05) is 11.3 Å². The summed E-state index contributed by atoms with van der Waals surface area (Å²) in [5.41, 5.74) is -0.240. The Hall–Kier alpha value is -5.52. The maximum atomic E-state index is 13.5. The minimum absolute atomic E-state index is 0.0532. The molecule has 5 rings (SSSR count). The van der Waals surface area contributed by atoms with Crippen molar-refractivity contribution in [3.63, 3.8) is 0 Å². The van der Waals surface area contributed by atoms with Gasteiger partial charge in [0.25, 0.3) is 11.5 Å². The molecule has 1 aromatic heterocycles.